The maximum Gasteiger partial charge on any atom is 0.0632 e. The summed E-state index contributed by atoms with van der Waals surface area (Å²) < 4.78 is 0. The number of aromatic nitrogens is 1. The van der Waals surface area contributed by atoms with Crippen LogP contribution in [0.25, 0.3) is 11.6 Å². The molecule has 1 aliphatic rings. The molecule has 0 radical (unpaired) electrons. The van der Waals surface area contributed by atoms with E-state index in [4.69, 9.17) is 0 Å². The van der Waals surface area contributed by atoms with Gasteiger partial charge in [-0.05, 0) is 41.3 Å². The first-order valence-electron chi connectivity index (χ1n) is 5.79. The van der Waals surface area contributed by atoms with Gasteiger partial charge in [-0.1, -0.05) is 42.5 Å². The zero-order chi connectivity index (χ0) is 11.5. The number of benzene rings is 1. The van der Waals surface area contributed by atoms with Crippen LogP contribution in [0, 0.1) is 0 Å². The van der Waals surface area contributed by atoms with Crippen molar-refractivity contribution in [1.29, 1.82) is 0 Å². The first kappa shape index (κ1) is 10.0. The molecule has 0 N–H and O–H groups in total. The highest BCUT2D eigenvalue weighted by Gasteiger charge is 2.13. The van der Waals surface area contributed by atoms with Gasteiger partial charge >= 0.3 is 0 Å². The number of hydrogen-bond acceptors (Lipinski definition) is 1. The summed E-state index contributed by atoms with van der Waals surface area (Å²) in [5, 5.41) is 0. The predicted octanol–water partition coefficient (Wildman–Crippen LogP) is 3.95. The lowest BCUT2D eigenvalue weighted by molar-refractivity contribution is 1.21. The molecule has 1 aromatic carbocycles. The fourth-order valence-corrected chi connectivity index (χ4v) is 2.00. The van der Waals surface area contributed by atoms with E-state index in [0.29, 0.717) is 0 Å². The Hall–Kier alpha value is -2.15. The minimum Gasteiger partial charge on any atom is -0.257 e. The van der Waals surface area contributed by atoms with E-state index >= 15 is 0 Å². The van der Waals surface area contributed by atoms with Gasteiger partial charge in [0.05, 0.1) is 5.69 Å². The molecule has 1 aromatic heterocycles. The predicted molar refractivity (Wildman–Crippen MR) is 71.3 cm³/mol. The Morgan fingerprint density at radius 2 is 1.71 bits per heavy atom. The summed E-state index contributed by atoms with van der Waals surface area (Å²) in [6.45, 7) is 0. The van der Waals surface area contributed by atoms with Crippen molar-refractivity contribution in [2.45, 2.75) is 6.42 Å². The third kappa shape index (κ3) is 2.18. The zero-order valence-electron chi connectivity index (χ0n) is 9.51. The maximum absolute atomic E-state index is 4.29. The van der Waals surface area contributed by atoms with Crippen molar-refractivity contribution in [3.8, 4) is 0 Å². The van der Waals surface area contributed by atoms with Crippen LogP contribution in [0.4, 0.5) is 0 Å². The second-order valence-corrected chi connectivity index (χ2v) is 4.19. The van der Waals surface area contributed by atoms with Gasteiger partial charge in [0.2, 0.25) is 0 Å². The number of nitrogens with zero attached hydrogens (tertiary/aromatic N) is 1. The Labute approximate surface area is 101 Å². The van der Waals surface area contributed by atoms with Crippen molar-refractivity contribution in [2.75, 3.05) is 0 Å². The normalized spacial score (nSPS) is 16.5. The smallest absolute Gasteiger partial charge is 0.0632 e. The molecular formula is C16H13N. The third-order valence-electron chi connectivity index (χ3n) is 2.92. The molecule has 0 saturated heterocycles. The summed E-state index contributed by atoms with van der Waals surface area (Å²) in [7, 11) is 0. The molecule has 1 heterocycles. The monoisotopic (exact) mass is 219 g/mol. The lowest BCUT2D eigenvalue weighted by atomic mass is 9.87. The van der Waals surface area contributed by atoms with E-state index in [1.807, 2.05) is 30.5 Å². The number of pyridine rings is 1. The summed E-state index contributed by atoms with van der Waals surface area (Å²) in [6.07, 6.45) is 7.25. The molecule has 3 rings (SSSR count). The van der Waals surface area contributed by atoms with E-state index in [2.05, 4.69) is 41.4 Å². The van der Waals surface area contributed by atoms with Crippen molar-refractivity contribution < 1.29 is 0 Å². The highest BCUT2D eigenvalue weighted by atomic mass is 14.6. The fraction of sp³-hybridized carbons (Fsp3) is 0.0625. The molecule has 0 aliphatic heterocycles. The largest absolute Gasteiger partial charge is 0.257 e. The molecule has 0 bridgehead atoms. The molecule has 0 fully saturated rings. The van der Waals surface area contributed by atoms with Crippen molar-refractivity contribution in [2.24, 2.45) is 0 Å². The summed E-state index contributed by atoms with van der Waals surface area (Å²) >= 11 is 0. The van der Waals surface area contributed by atoms with Crippen molar-refractivity contribution >= 4 is 11.6 Å². The zero-order valence-corrected chi connectivity index (χ0v) is 9.51. The van der Waals surface area contributed by atoms with Gasteiger partial charge in [-0.25, -0.2) is 0 Å². The second kappa shape index (κ2) is 4.38. The van der Waals surface area contributed by atoms with Crippen LogP contribution in [0.15, 0.2) is 66.4 Å². The van der Waals surface area contributed by atoms with Crippen molar-refractivity contribution in [3.63, 3.8) is 0 Å². The van der Waals surface area contributed by atoms with Crippen LogP contribution >= 0.6 is 0 Å². The van der Waals surface area contributed by atoms with Gasteiger partial charge < -0.3 is 0 Å². The van der Waals surface area contributed by atoms with Gasteiger partial charge in [-0.3, -0.25) is 4.98 Å². The Morgan fingerprint density at radius 3 is 2.41 bits per heavy atom. The maximum atomic E-state index is 4.29. The highest BCUT2D eigenvalue weighted by Crippen LogP contribution is 2.34. The Morgan fingerprint density at radius 1 is 0.941 bits per heavy atom. The van der Waals surface area contributed by atoms with Crippen LogP contribution in [0.5, 0.6) is 0 Å². The second-order valence-electron chi connectivity index (χ2n) is 4.19. The summed E-state index contributed by atoms with van der Waals surface area (Å²) in [5.41, 5.74) is 5.12. The third-order valence-corrected chi connectivity index (χ3v) is 2.92. The standard InChI is InChI=1S/C16H13N/c1-2-6-14(7-3-1)15-10-13(11-15)12-16-8-4-5-9-17-16/h1-10,12H,11H2/b13-12+. The molecule has 17 heavy (non-hydrogen) atoms. The van der Waals surface area contributed by atoms with E-state index in [1.54, 1.807) is 0 Å². The molecule has 0 saturated carbocycles. The van der Waals surface area contributed by atoms with Gasteiger partial charge in [-0.15, -0.1) is 0 Å². The summed E-state index contributed by atoms with van der Waals surface area (Å²) in [6, 6.07) is 16.5. The summed E-state index contributed by atoms with van der Waals surface area (Å²) in [4.78, 5) is 4.29. The van der Waals surface area contributed by atoms with Crippen LogP contribution in [0.2, 0.25) is 0 Å². The van der Waals surface area contributed by atoms with Crippen LogP contribution in [0.3, 0.4) is 0 Å². The molecule has 1 nitrogen and oxygen atoms in total. The minimum atomic E-state index is 1.03. The SMILES string of the molecule is C1=C(c2ccccc2)C/C1=C/c1ccccn1. The molecule has 0 atom stereocenters. The molecular weight excluding hydrogens is 206 g/mol. The van der Waals surface area contributed by atoms with Crippen LogP contribution in [-0.2, 0) is 0 Å². The van der Waals surface area contributed by atoms with Crippen LogP contribution < -0.4 is 0 Å². The van der Waals surface area contributed by atoms with E-state index in [0.717, 1.165) is 12.1 Å². The Kier molecular flexibility index (Phi) is 2.59. The van der Waals surface area contributed by atoms with Gasteiger partial charge in [0.1, 0.15) is 0 Å². The van der Waals surface area contributed by atoms with E-state index in [1.165, 1.54) is 16.7 Å². The average Bonchev–Trinajstić information content (AvgIpc) is 2.36. The minimum absolute atomic E-state index is 1.03. The van der Waals surface area contributed by atoms with Gasteiger partial charge in [0.15, 0.2) is 0 Å². The quantitative estimate of drug-likeness (QED) is 0.745. The fourth-order valence-electron chi connectivity index (χ4n) is 2.00. The van der Waals surface area contributed by atoms with Gasteiger partial charge in [0, 0.05) is 6.20 Å². The van der Waals surface area contributed by atoms with Gasteiger partial charge in [0.25, 0.3) is 0 Å². The number of allylic oxidation sites excluding steroid dienone is 3. The molecule has 82 valence electrons. The molecule has 0 spiro atoms. The van der Waals surface area contributed by atoms with Gasteiger partial charge in [-0.2, -0.15) is 0 Å². The first-order valence-corrected chi connectivity index (χ1v) is 5.79. The van der Waals surface area contributed by atoms with Crippen LogP contribution in [-0.4, -0.2) is 4.98 Å². The molecule has 0 amide bonds. The molecule has 1 aliphatic carbocycles. The van der Waals surface area contributed by atoms with Crippen molar-refractivity contribution in [1.82, 2.24) is 4.98 Å². The van der Waals surface area contributed by atoms with E-state index in [9.17, 15) is 0 Å². The lowest BCUT2D eigenvalue weighted by Gasteiger charge is -2.18. The van der Waals surface area contributed by atoms with Crippen LogP contribution in [0.1, 0.15) is 17.7 Å². The van der Waals surface area contributed by atoms with Crippen molar-refractivity contribution in [3.05, 3.63) is 77.6 Å². The summed E-state index contributed by atoms with van der Waals surface area (Å²) in [5.74, 6) is 0. The average molecular weight is 219 g/mol. The lowest BCUT2D eigenvalue weighted by Crippen LogP contribution is -1.97. The molecule has 1 heteroatoms. The number of hydrogen-bond donors (Lipinski definition) is 0. The molecule has 0 unspecified atom stereocenters. The molecule has 2 aromatic rings. The highest BCUT2D eigenvalue weighted by molar-refractivity contribution is 5.81. The van der Waals surface area contributed by atoms with E-state index < -0.39 is 0 Å². The Bertz CT molecular complexity index is 565. The Balaban J connectivity index is 1.80. The van der Waals surface area contributed by atoms with E-state index in [-0.39, 0.29) is 0 Å². The number of rotatable bonds is 2. The topological polar surface area (TPSA) is 12.9 Å². The first-order chi connectivity index (χ1) is 8.42.